The van der Waals surface area contributed by atoms with Crippen molar-refractivity contribution >= 4 is 11.7 Å². The van der Waals surface area contributed by atoms with Crippen LogP contribution in [0.25, 0.3) is 0 Å². The summed E-state index contributed by atoms with van der Waals surface area (Å²) in [5.74, 6) is -0.295. The van der Waals surface area contributed by atoms with E-state index in [9.17, 15) is 4.79 Å². The minimum atomic E-state index is -0.295. The molecule has 3 nitrogen and oxygen atoms in total. The summed E-state index contributed by atoms with van der Waals surface area (Å²) >= 11 is 0. The second-order valence-electron chi connectivity index (χ2n) is 3.05. The highest BCUT2D eigenvalue weighted by molar-refractivity contribution is 5.90. The molecule has 1 aromatic carbocycles. The Bertz CT molecular complexity index is 334. The highest BCUT2D eigenvalue weighted by Gasteiger charge is 2.06. The lowest BCUT2D eigenvalue weighted by molar-refractivity contribution is 0.0600. The van der Waals surface area contributed by atoms with Crippen molar-refractivity contribution < 1.29 is 9.53 Å². The van der Waals surface area contributed by atoms with Gasteiger partial charge in [-0.15, -0.1) is 0 Å². The van der Waals surface area contributed by atoms with Gasteiger partial charge in [-0.1, -0.05) is 0 Å². The summed E-state index contributed by atoms with van der Waals surface area (Å²) in [6.07, 6.45) is 0. The van der Waals surface area contributed by atoms with Crippen LogP contribution in [0, 0.1) is 6.92 Å². The van der Waals surface area contributed by atoms with Crippen molar-refractivity contribution in [2.75, 3.05) is 19.0 Å². The maximum absolute atomic E-state index is 11.2. The highest BCUT2D eigenvalue weighted by Crippen LogP contribution is 2.16. The molecule has 0 spiro atoms. The van der Waals surface area contributed by atoms with Gasteiger partial charge in [0, 0.05) is 12.2 Å². The molecular formula is C11H15NO2. The summed E-state index contributed by atoms with van der Waals surface area (Å²) in [6.45, 7) is 4.87. The highest BCUT2D eigenvalue weighted by atomic mass is 16.5. The fourth-order valence-corrected chi connectivity index (χ4v) is 1.30. The van der Waals surface area contributed by atoms with E-state index in [2.05, 4.69) is 10.1 Å². The number of ether oxygens (including phenoxy) is 1. The number of aryl methyl sites for hydroxylation is 1. The van der Waals surface area contributed by atoms with Gasteiger partial charge >= 0.3 is 5.97 Å². The Morgan fingerprint density at radius 2 is 2.21 bits per heavy atom. The van der Waals surface area contributed by atoms with Crippen LogP contribution in [0.4, 0.5) is 5.69 Å². The smallest absolute Gasteiger partial charge is 0.337 e. The van der Waals surface area contributed by atoms with Crippen molar-refractivity contribution in [3.05, 3.63) is 29.3 Å². The van der Waals surface area contributed by atoms with E-state index in [1.807, 2.05) is 26.0 Å². The molecule has 3 heteroatoms. The number of anilines is 1. The first-order chi connectivity index (χ1) is 6.69. The molecule has 0 aliphatic carbocycles. The van der Waals surface area contributed by atoms with Crippen LogP contribution in [-0.4, -0.2) is 19.6 Å². The van der Waals surface area contributed by atoms with E-state index < -0.39 is 0 Å². The average molecular weight is 193 g/mol. The summed E-state index contributed by atoms with van der Waals surface area (Å²) in [6, 6.07) is 5.48. The van der Waals surface area contributed by atoms with Crippen LogP contribution in [0.3, 0.4) is 0 Å². The third-order valence-electron chi connectivity index (χ3n) is 2.01. The largest absolute Gasteiger partial charge is 0.465 e. The monoisotopic (exact) mass is 193 g/mol. The molecule has 0 fully saturated rings. The topological polar surface area (TPSA) is 38.3 Å². The Balaban J connectivity index is 2.94. The number of nitrogens with one attached hydrogen (secondary N) is 1. The average Bonchev–Trinajstić information content (AvgIpc) is 2.20. The molecule has 1 aromatic rings. The molecular weight excluding hydrogens is 178 g/mol. The minimum Gasteiger partial charge on any atom is -0.465 e. The molecule has 0 heterocycles. The Labute approximate surface area is 84.1 Å². The third-order valence-corrected chi connectivity index (χ3v) is 2.01. The lowest BCUT2D eigenvalue weighted by Gasteiger charge is -2.08. The van der Waals surface area contributed by atoms with Gasteiger partial charge in [0.15, 0.2) is 0 Å². The molecule has 0 unspecified atom stereocenters. The van der Waals surface area contributed by atoms with Gasteiger partial charge in [-0.05, 0) is 37.6 Å². The molecule has 76 valence electrons. The van der Waals surface area contributed by atoms with Gasteiger partial charge in [-0.25, -0.2) is 4.79 Å². The van der Waals surface area contributed by atoms with Gasteiger partial charge in [0.05, 0.1) is 12.7 Å². The first-order valence-corrected chi connectivity index (χ1v) is 4.62. The molecule has 0 amide bonds. The summed E-state index contributed by atoms with van der Waals surface area (Å²) in [4.78, 5) is 11.2. The van der Waals surface area contributed by atoms with Crippen molar-refractivity contribution in [1.29, 1.82) is 0 Å². The quantitative estimate of drug-likeness (QED) is 0.748. The van der Waals surface area contributed by atoms with Gasteiger partial charge in [0.1, 0.15) is 0 Å². The van der Waals surface area contributed by atoms with Gasteiger partial charge in [-0.3, -0.25) is 0 Å². The molecule has 0 saturated heterocycles. The Hall–Kier alpha value is -1.51. The first-order valence-electron chi connectivity index (χ1n) is 4.62. The van der Waals surface area contributed by atoms with E-state index in [0.717, 1.165) is 17.8 Å². The summed E-state index contributed by atoms with van der Waals surface area (Å²) in [5.41, 5.74) is 2.70. The predicted molar refractivity (Wildman–Crippen MR) is 56.7 cm³/mol. The van der Waals surface area contributed by atoms with Gasteiger partial charge in [0.25, 0.3) is 0 Å². The number of esters is 1. The summed E-state index contributed by atoms with van der Waals surface area (Å²) in [7, 11) is 1.38. The Morgan fingerprint density at radius 3 is 2.71 bits per heavy atom. The Kier molecular flexibility index (Phi) is 3.51. The lowest BCUT2D eigenvalue weighted by atomic mass is 10.1. The molecule has 0 bridgehead atoms. The number of hydrogen-bond donors (Lipinski definition) is 1. The van der Waals surface area contributed by atoms with Crippen molar-refractivity contribution in [2.45, 2.75) is 13.8 Å². The van der Waals surface area contributed by atoms with E-state index >= 15 is 0 Å². The van der Waals surface area contributed by atoms with Crippen molar-refractivity contribution in [2.24, 2.45) is 0 Å². The second kappa shape index (κ2) is 4.65. The van der Waals surface area contributed by atoms with Crippen LogP contribution in [0.15, 0.2) is 18.2 Å². The summed E-state index contributed by atoms with van der Waals surface area (Å²) < 4.78 is 4.63. The van der Waals surface area contributed by atoms with Gasteiger partial charge in [0.2, 0.25) is 0 Å². The zero-order chi connectivity index (χ0) is 10.6. The molecule has 0 aromatic heterocycles. The van der Waals surface area contributed by atoms with Gasteiger partial charge < -0.3 is 10.1 Å². The van der Waals surface area contributed by atoms with Crippen LogP contribution < -0.4 is 5.32 Å². The molecule has 0 atom stereocenters. The zero-order valence-corrected chi connectivity index (χ0v) is 8.76. The second-order valence-corrected chi connectivity index (χ2v) is 3.05. The number of carbonyl (C=O) groups is 1. The van der Waals surface area contributed by atoms with Crippen LogP contribution in [0.2, 0.25) is 0 Å². The molecule has 0 saturated carbocycles. The van der Waals surface area contributed by atoms with Gasteiger partial charge in [-0.2, -0.15) is 0 Å². The van der Waals surface area contributed by atoms with E-state index in [1.165, 1.54) is 7.11 Å². The summed E-state index contributed by atoms with van der Waals surface area (Å²) in [5, 5.41) is 3.21. The normalized spacial score (nSPS) is 9.64. The Morgan fingerprint density at radius 1 is 1.50 bits per heavy atom. The predicted octanol–water partition coefficient (Wildman–Crippen LogP) is 2.21. The number of rotatable bonds is 3. The molecule has 1 rings (SSSR count). The van der Waals surface area contributed by atoms with Crippen molar-refractivity contribution in [1.82, 2.24) is 0 Å². The van der Waals surface area contributed by atoms with E-state index in [4.69, 9.17) is 0 Å². The maximum atomic E-state index is 11.2. The van der Waals surface area contributed by atoms with E-state index in [0.29, 0.717) is 5.56 Å². The standard InChI is InChI=1S/C11H15NO2/c1-4-12-10-6-5-9(7-8(10)2)11(13)14-3/h5-7,12H,4H2,1-3H3. The molecule has 14 heavy (non-hydrogen) atoms. The number of methoxy groups -OCH3 is 1. The molecule has 0 radical (unpaired) electrons. The van der Waals surface area contributed by atoms with Crippen LogP contribution in [0.1, 0.15) is 22.8 Å². The fourth-order valence-electron chi connectivity index (χ4n) is 1.30. The SMILES string of the molecule is CCNc1ccc(C(=O)OC)cc1C. The lowest BCUT2D eigenvalue weighted by Crippen LogP contribution is -2.04. The molecule has 1 N–H and O–H groups in total. The number of hydrogen-bond acceptors (Lipinski definition) is 3. The minimum absolute atomic E-state index is 0.295. The maximum Gasteiger partial charge on any atom is 0.337 e. The van der Waals surface area contributed by atoms with Crippen molar-refractivity contribution in [3.63, 3.8) is 0 Å². The van der Waals surface area contributed by atoms with Crippen LogP contribution in [0.5, 0.6) is 0 Å². The number of carbonyl (C=O) groups excluding carboxylic acids is 1. The zero-order valence-electron chi connectivity index (χ0n) is 8.76. The third kappa shape index (κ3) is 2.25. The van der Waals surface area contributed by atoms with Crippen LogP contribution >= 0.6 is 0 Å². The van der Waals surface area contributed by atoms with E-state index in [-0.39, 0.29) is 5.97 Å². The van der Waals surface area contributed by atoms with Crippen LogP contribution in [-0.2, 0) is 4.74 Å². The van der Waals surface area contributed by atoms with E-state index in [1.54, 1.807) is 6.07 Å². The molecule has 0 aliphatic rings. The molecule has 0 aliphatic heterocycles. The fraction of sp³-hybridized carbons (Fsp3) is 0.364. The number of benzene rings is 1. The first kappa shape index (κ1) is 10.6. The van der Waals surface area contributed by atoms with Crippen molar-refractivity contribution in [3.8, 4) is 0 Å².